The van der Waals surface area contributed by atoms with Crippen LogP contribution >= 0.6 is 34.7 Å². The van der Waals surface area contributed by atoms with Crippen molar-refractivity contribution in [1.29, 1.82) is 0 Å². The summed E-state index contributed by atoms with van der Waals surface area (Å²) in [5.74, 6) is -0.673. The molecular weight excluding hydrogens is 554 g/mol. The number of carbonyl (C=O) groups is 2. The van der Waals surface area contributed by atoms with Crippen molar-refractivity contribution < 1.29 is 19.4 Å². The normalized spacial score (nSPS) is 16.4. The van der Waals surface area contributed by atoms with Crippen LogP contribution in [0.5, 0.6) is 5.75 Å². The number of carbonyl (C=O) groups excluding carboxylic acids is 2. The third-order valence-corrected chi connectivity index (χ3v) is 8.44. The van der Waals surface area contributed by atoms with Crippen LogP contribution < -0.4 is 9.64 Å². The number of ketones is 1. The number of benzene rings is 3. The maximum Gasteiger partial charge on any atom is 0.301 e. The first-order valence-corrected chi connectivity index (χ1v) is 14.1. The van der Waals surface area contributed by atoms with E-state index in [4.69, 9.17) is 16.3 Å². The molecule has 0 spiro atoms. The molecule has 2 heterocycles. The monoisotopic (exact) mass is 575 g/mol. The van der Waals surface area contributed by atoms with Gasteiger partial charge in [-0.15, -0.1) is 10.2 Å². The number of hydrogen-bond donors (Lipinski definition) is 1. The molecule has 1 aliphatic rings. The summed E-state index contributed by atoms with van der Waals surface area (Å²) >= 11 is 8.90. The Balaban J connectivity index is 1.52. The van der Waals surface area contributed by atoms with Gasteiger partial charge in [0.2, 0.25) is 5.13 Å². The van der Waals surface area contributed by atoms with Gasteiger partial charge in [0.15, 0.2) is 4.34 Å². The Morgan fingerprint density at radius 1 is 1.05 bits per heavy atom. The molecular formula is C29H22ClN3O4S2. The number of anilines is 1. The minimum Gasteiger partial charge on any atom is -0.507 e. The summed E-state index contributed by atoms with van der Waals surface area (Å²) in [6.07, 6.45) is 1.64. The minimum absolute atomic E-state index is 0.0218. The lowest BCUT2D eigenvalue weighted by molar-refractivity contribution is -0.132. The fourth-order valence-corrected chi connectivity index (χ4v) is 6.26. The Hall–Kier alpha value is -3.92. The number of aromatic nitrogens is 2. The van der Waals surface area contributed by atoms with E-state index in [1.54, 1.807) is 60.7 Å². The lowest BCUT2D eigenvalue weighted by Crippen LogP contribution is -2.29. The average molecular weight is 576 g/mol. The summed E-state index contributed by atoms with van der Waals surface area (Å²) in [5.41, 5.74) is 1.97. The number of thioether (sulfide) groups is 1. The summed E-state index contributed by atoms with van der Waals surface area (Å²) in [6, 6.07) is 22.3. The van der Waals surface area contributed by atoms with E-state index in [-0.39, 0.29) is 16.5 Å². The molecule has 1 unspecified atom stereocenters. The standard InChI is InChI=1S/C29H22ClN3O4S2/c1-2-16-37-21-14-12-18(13-15-21)24-23(25(34)19-8-4-3-5-9-19)26(35)27(36)33(24)28-31-32-29(39-28)38-17-20-10-6-7-11-22(20)30/h2-15,24,34H,1,16-17H2/b25-23-. The number of ether oxygens (including phenoxy) is 1. The van der Waals surface area contributed by atoms with Gasteiger partial charge in [0.1, 0.15) is 18.1 Å². The van der Waals surface area contributed by atoms with Crippen molar-refractivity contribution in [1.82, 2.24) is 10.2 Å². The van der Waals surface area contributed by atoms with Gasteiger partial charge < -0.3 is 9.84 Å². The minimum atomic E-state index is -0.909. The lowest BCUT2D eigenvalue weighted by atomic mass is 9.95. The second kappa shape index (κ2) is 11.9. The van der Waals surface area contributed by atoms with Crippen molar-refractivity contribution in [3.63, 3.8) is 0 Å². The van der Waals surface area contributed by atoms with E-state index in [1.807, 2.05) is 24.3 Å². The molecule has 39 heavy (non-hydrogen) atoms. The molecule has 0 saturated carbocycles. The van der Waals surface area contributed by atoms with Crippen LogP contribution in [0.3, 0.4) is 0 Å². The Morgan fingerprint density at radius 3 is 2.49 bits per heavy atom. The number of nitrogens with zero attached hydrogens (tertiary/aromatic N) is 3. The van der Waals surface area contributed by atoms with Gasteiger partial charge >= 0.3 is 5.91 Å². The number of amides is 1. The fraction of sp³-hybridized carbons (Fsp3) is 0.103. The van der Waals surface area contributed by atoms with Gasteiger partial charge in [-0.2, -0.15) is 0 Å². The number of Topliss-reactive ketones (excluding diaryl/α,β-unsaturated/α-hetero) is 1. The van der Waals surface area contributed by atoms with Crippen molar-refractivity contribution in [2.24, 2.45) is 0 Å². The molecule has 4 aromatic rings. The zero-order valence-electron chi connectivity index (χ0n) is 20.5. The molecule has 1 atom stereocenters. The molecule has 10 heteroatoms. The van der Waals surface area contributed by atoms with E-state index >= 15 is 0 Å². The van der Waals surface area contributed by atoms with E-state index in [2.05, 4.69) is 16.8 Å². The molecule has 1 amide bonds. The van der Waals surface area contributed by atoms with Gasteiger partial charge in [-0.05, 0) is 29.3 Å². The Morgan fingerprint density at radius 2 is 1.77 bits per heavy atom. The van der Waals surface area contributed by atoms with Crippen molar-refractivity contribution in [3.05, 3.63) is 119 Å². The highest BCUT2D eigenvalue weighted by Gasteiger charge is 2.48. The van der Waals surface area contributed by atoms with Gasteiger partial charge in [-0.3, -0.25) is 14.5 Å². The highest BCUT2D eigenvalue weighted by atomic mass is 35.5. The Kier molecular flexibility index (Phi) is 8.11. The summed E-state index contributed by atoms with van der Waals surface area (Å²) in [6.45, 7) is 3.99. The van der Waals surface area contributed by atoms with Gasteiger partial charge in [0.05, 0.1) is 11.6 Å². The number of aliphatic hydroxyl groups excluding tert-OH is 1. The maximum atomic E-state index is 13.4. The van der Waals surface area contributed by atoms with Gasteiger partial charge in [0.25, 0.3) is 5.78 Å². The summed E-state index contributed by atoms with van der Waals surface area (Å²) in [4.78, 5) is 28.0. The molecule has 196 valence electrons. The second-order valence-corrected chi connectivity index (χ2v) is 11.0. The Labute approximate surface area is 238 Å². The molecule has 1 N–H and O–H groups in total. The molecule has 1 aromatic heterocycles. The first-order chi connectivity index (χ1) is 19.0. The molecule has 5 rings (SSSR count). The van der Waals surface area contributed by atoms with Crippen molar-refractivity contribution in [3.8, 4) is 5.75 Å². The molecule has 1 fully saturated rings. The number of rotatable bonds is 9. The largest absolute Gasteiger partial charge is 0.507 e. The third-order valence-electron chi connectivity index (χ3n) is 5.97. The van der Waals surface area contributed by atoms with Crippen molar-refractivity contribution in [2.75, 3.05) is 11.5 Å². The Bertz CT molecular complexity index is 1550. The molecule has 1 aliphatic heterocycles. The zero-order chi connectivity index (χ0) is 27.4. The van der Waals surface area contributed by atoms with E-state index in [1.165, 1.54) is 28.0 Å². The summed E-state index contributed by atoms with van der Waals surface area (Å²) in [7, 11) is 0. The number of hydrogen-bond acceptors (Lipinski definition) is 8. The SMILES string of the molecule is C=CCOc1ccc(C2/C(=C(/O)c3ccccc3)C(=O)C(=O)N2c2nnc(SCc3ccccc3Cl)s2)cc1. The van der Waals surface area contributed by atoms with Gasteiger partial charge in [0, 0.05) is 16.3 Å². The summed E-state index contributed by atoms with van der Waals surface area (Å²) < 4.78 is 6.20. The van der Waals surface area contributed by atoms with Crippen LogP contribution in [-0.2, 0) is 15.3 Å². The third kappa shape index (κ3) is 5.61. The second-order valence-electron chi connectivity index (χ2n) is 8.43. The molecule has 3 aromatic carbocycles. The van der Waals surface area contributed by atoms with Gasteiger partial charge in [-0.25, -0.2) is 0 Å². The first kappa shape index (κ1) is 26.7. The molecule has 0 aliphatic carbocycles. The predicted octanol–water partition coefficient (Wildman–Crippen LogP) is 6.67. The predicted molar refractivity (Wildman–Crippen MR) is 154 cm³/mol. The number of aliphatic hydroxyl groups is 1. The average Bonchev–Trinajstić information content (AvgIpc) is 3.53. The fourth-order valence-electron chi connectivity index (χ4n) is 4.11. The molecule has 7 nitrogen and oxygen atoms in total. The summed E-state index contributed by atoms with van der Waals surface area (Å²) in [5, 5.41) is 20.6. The highest BCUT2D eigenvalue weighted by molar-refractivity contribution is 8.00. The lowest BCUT2D eigenvalue weighted by Gasteiger charge is -2.22. The maximum absolute atomic E-state index is 13.4. The quantitative estimate of drug-likeness (QED) is 0.0594. The van der Waals surface area contributed by atoms with Crippen LogP contribution in [0, 0.1) is 0 Å². The zero-order valence-corrected chi connectivity index (χ0v) is 22.9. The van der Waals surface area contributed by atoms with E-state index in [0.717, 1.165) is 5.56 Å². The van der Waals surface area contributed by atoms with Gasteiger partial charge in [-0.1, -0.05) is 108 Å². The van der Waals surface area contributed by atoms with E-state index in [9.17, 15) is 14.7 Å². The van der Waals surface area contributed by atoms with Crippen LogP contribution in [0.2, 0.25) is 5.02 Å². The highest BCUT2D eigenvalue weighted by Crippen LogP contribution is 2.44. The van der Waals surface area contributed by atoms with Crippen LogP contribution in [0.4, 0.5) is 5.13 Å². The van der Waals surface area contributed by atoms with Crippen molar-refractivity contribution >= 4 is 57.3 Å². The van der Waals surface area contributed by atoms with Crippen LogP contribution in [0.25, 0.3) is 5.76 Å². The van der Waals surface area contributed by atoms with Crippen molar-refractivity contribution in [2.45, 2.75) is 16.1 Å². The van der Waals surface area contributed by atoms with Crippen LogP contribution in [-0.4, -0.2) is 33.6 Å². The van der Waals surface area contributed by atoms with E-state index < -0.39 is 17.7 Å². The smallest absolute Gasteiger partial charge is 0.301 e. The van der Waals surface area contributed by atoms with Crippen LogP contribution in [0.1, 0.15) is 22.7 Å². The topological polar surface area (TPSA) is 92.6 Å². The first-order valence-electron chi connectivity index (χ1n) is 11.9. The van der Waals surface area contributed by atoms with E-state index in [0.29, 0.717) is 38.6 Å². The van der Waals surface area contributed by atoms with Crippen LogP contribution in [0.15, 0.2) is 101 Å². The molecule has 1 saturated heterocycles. The molecule has 0 radical (unpaired) electrons. The number of halogens is 1. The molecule has 0 bridgehead atoms.